The van der Waals surface area contributed by atoms with Crippen LogP contribution in [0.5, 0.6) is 5.75 Å². The van der Waals surface area contributed by atoms with Crippen LogP contribution in [-0.2, 0) is 0 Å². The Kier molecular flexibility index (Phi) is 7.10. The molecule has 6 heteroatoms. The number of fused-ring (bicyclic) bond motifs is 2. The van der Waals surface area contributed by atoms with Gasteiger partial charge in [0.25, 0.3) is 11.8 Å². The SMILES string of the molecule is COc1cc(NC(C)CCCN2C(=O)c3ccccc3C2=O)c2nc(C(C)C)ccc2c1C(C)C. The maximum Gasteiger partial charge on any atom is 0.261 e. The molecule has 2 amide bonds. The van der Waals surface area contributed by atoms with Crippen molar-refractivity contribution >= 4 is 28.4 Å². The van der Waals surface area contributed by atoms with Crippen molar-refractivity contribution in [1.29, 1.82) is 0 Å². The van der Waals surface area contributed by atoms with E-state index in [9.17, 15) is 9.59 Å². The number of anilines is 1. The Morgan fingerprint density at radius 3 is 2.17 bits per heavy atom. The van der Waals surface area contributed by atoms with Gasteiger partial charge in [-0.15, -0.1) is 0 Å². The fraction of sp³-hybridized carbons (Fsp3) is 0.414. The zero-order chi connectivity index (χ0) is 25.3. The van der Waals surface area contributed by atoms with Crippen LogP contribution in [0.2, 0.25) is 0 Å². The summed E-state index contributed by atoms with van der Waals surface area (Å²) in [6.07, 6.45) is 1.51. The molecule has 0 fully saturated rings. The number of hydrogen-bond acceptors (Lipinski definition) is 5. The van der Waals surface area contributed by atoms with E-state index in [0.29, 0.717) is 35.9 Å². The number of benzene rings is 2. The summed E-state index contributed by atoms with van der Waals surface area (Å²) in [5.41, 5.74) is 5.11. The fourth-order valence-electron chi connectivity index (χ4n) is 4.84. The van der Waals surface area contributed by atoms with Gasteiger partial charge in [-0.3, -0.25) is 19.5 Å². The second-order valence-electron chi connectivity index (χ2n) is 9.98. The first-order chi connectivity index (χ1) is 16.7. The Morgan fingerprint density at radius 2 is 1.60 bits per heavy atom. The number of amides is 2. The Labute approximate surface area is 207 Å². The molecule has 1 unspecified atom stereocenters. The molecule has 1 aliphatic rings. The zero-order valence-electron chi connectivity index (χ0n) is 21.5. The van der Waals surface area contributed by atoms with Crippen LogP contribution in [0, 0.1) is 0 Å². The Morgan fingerprint density at radius 1 is 0.943 bits per heavy atom. The molecule has 6 nitrogen and oxygen atoms in total. The third-order valence-corrected chi connectivity index (χ3v) is 6.69. The van der Waals surface area contributed by atoms with Gasteiger partial charge in [0.1, 0.15) is 5.75 Å². The van der Waals surface area contributed by atoms with Crippen molar-refractivity contribution in [3.05, 3.63) is 64.8 Å². The van der Waals surface area contributed by atoms with Crippen LogP contribution >= 0.6 is 0 Å². The van der Waals surface area contributed by atoms with Gasteiger partial charge in [0.15, 0.2) is 0 Å². The summed E-state index contributed by atoms with van der Waals surface area (Å²) >= 11 is 0. The van der Waals surface area contributed by atoms with Gasteiger partial charge in [-0.2, -0.15) is 0 Å². The molecule has 4 rings (SSSR count). The van der Waals surface area contributed by atoms with E-state index >= 15 is 0 Å². The molecule has 2 heterocycles. The lowest BCUT2D eigenvalue weighted by atomic mass is 9.95. The summed E-state index contributed by atoms with van der Waals surface area (Å²) in [6, 6.07) is 13.5. The number of pyridine rings is 1. The molecular formula is C29H35N3O3. The Hall–Kier alpha value is -3.41. The van der Waals surface area contributed by atoms with Gasteiger partial charge in [-0.25, -0.2) is 0 Å². The van der Waals surface area contributed by atoms with Crippen molar-refractivity contribution in [3.8, 4) is 5.75 Å². The van der Waals surface area contributed by atoms with Crippen LogP contribution in [0.1, 0.15) is 91.3 Å². The molecule has 35 heavy (non-hydrogen) atoms. The summed E-state index contributed by atoms with van der Waals surface area (Å²) in [5.74, 6) is 1.08. The van der Waals surface area contributed by atoms with Gasteiger partial charge in [-0.1, -0.05) is 45.9 Å². The first-order valence-electron chi connectivity index (χ1n) is 12.5. The Balaban J connectivity index is 1.52. The van der Waals surface area contributed by atoms with Crippen molar-refractivity contribution in [1.82, 2.24) is 9.88 Å². The molecule has 1 N–H and O–H groups in total. The molecular weight excluding hydrogens is 438 g/mol. The van der Waals surface area contributed by atoms with Gasteiger partial charge in [0.05, 0.1) is 29.4 Å². The highest BCUT2D eigenvalue weighted by atomic mass is 16.5. The maximum atomic E-state index is 12.6. The number of aromatic nitrogens is 1. The van der Waals surface area contributed by atoms with E-state index in [2.05, 4.69) is 58.1 Å². The van der Waals surface area contributed by atoms with Gasteiger partial charge >= 0.3 is 0 Å². The second-order valence-corrected chi connectivity index (χ2v) is 9.98. The average Bonchev–Trinajstić information content (AvgIpc) is 3.08. The molecule has 1 atom stereocenters. The van der Waals surface area contributed by atoms with E-state index in [0.717, 1.165) is 40.0 Å². The normalized spacial score (nSPS) is 14.2. The lowest BCUT2D eigenvalue weighted by molar-refractivity contribution is 0.0651. The minimum atomic E-state index is -0.198. The highest BCUT2D eigenvalue weighted by molar-refractivity contribution is 6.21. The van der Waals surface area contributed by atoms with Crippen LogP contribution in [0.15, 0.2) is 42.5 Å². The van der Waals surface area contributed by atoms with E-state index in [1.165, 1.54) is 4.90 Å². The molecule has 0 saturated heterocycles. The number of nitrogens with one attached hydrogen (secondary N) is 1. The molecule has 0 saturated carbocycles. The second kappa shape index (κ2) is 10.1. The highest BCUT2D eigenvalue weighted by Crippen LogP contribution is 2.39. The number of carbonyl (C=O) groups excluding carboxylic acids is 2. The zero-order valence-corrected chi connectivity index (χ0v) is 21.5. The number of rotatable bonds is 9. The molecule has 3 aromatic rings. The summed E-state index contributed by atoms with van der Waals surface area (Å²) < 4.78 is 5.77. The van der Waals surface area contributed by atoms with E-state index in [-0.39, 0.29) is 17.9 Å². The molecule has 0 aliphatic carbocycles. The van der Waals surface area contributed by atoms with E-state index < -0.39 is 0 Å². The lowest BCUT2D eigenvalue weighted by Crippen LogP contribution is -2.31. The minimum Gasteiger partial charge on any atom is -0.496 e. The number of ether oxygens (including phenoxy) is 1. The van der Waals surface area contributed by atoms with Crippen LogP contribution in [-0.4, -0.2) is 41.4 Å². The number of carbonyl (C=O) groups is 2. The van der Waals surface area contributed by atoms with Crippen LogP contribution in [0.4, 0.5) is 5.69 Å². The van der Waals surface area contributed by atoms with Crippen molar-refractivity contribution < 1.29 is 14.3 Å². The molecule has 184 valence electrons. The largest absolute Gasteiger partial charge is 0.496 e. The summed E-state index contributed by atoms with van der Waals surface area (Å²) in [5, 5.41) is 4.73. The molecule has 2 aromatic carbocycles. The van der Waals surface area contributed by atoms with Gasteiger partial charge in [0.2, 0.25) is 0 Å². The summed E-state index contributed by atoms with van der Waals surface area (Å²) in [4.78, 5) is 31.6. The number of hydrogen-bond donors (Lipinski definition) is 1. The van der Waals surface area contributed by atoms with Crippen molar-refractivity contribution in [2.24, 2.45) is 0 Å². The lowest BCUT2D eigenvalue weighted by Gasteiger charge is -2.22. The third kappa shape index (κ3) is 4.75. The third-order valence-electron chi connectivity index (χ3n) is 6.69. The minimum absolute atomic E-state index is 0.118. The average molecular weight is 474 g/mol. The van der Waals surface area contributed by atoms with Crippen molar-refractivity contribution in [2.45, 2.75) is 65.3 Å². The maximum absolute atomic E-state index is 12.6. The van der Waals surface area contributed by atoms with Gasteiger partial charge in [0, 0.05) is 35.3 Å². The standard InChI is InChI=1S/C29H35N3O3/c1-17(2)23-14-13-22-26(18(3)4)25(35-6)16-24(27(22)31-23)30-19(5)10-9-15-32-28(33)20-11-7-8-12-21(20)29(32)34/h7-8,11-14,16-19,30H,9-10,15H2,1-6H3. The molecule has 0 bridgehead atoms. The van der Waals surface area contributed by atoms with Crippen molar-refractivity contribution in [2.75, 3.05) is 19.0 Å². The number of imide groups is 1. The summed E-state index contributed by atoms with van der Waals surface area (Å²) in [7, 11) is 1.71. The quantitative estimate of drug-likeness (QED) is 0.366. The smallest absolute Gasteiger partial charge is 0.261 e. The number of methoxy groups -OCH3 is 1. The van der Waals surface area contributed by atoms with Gasteiger partial charge < -0.3 is 10.1 Å². The summed E-state index contributed by atoms with van der Waals surface area (Å²) in [6.45, 7) is 11.2. The predicted molar refractivity (Wildman–Crippen MR) is 141 cm³/mol. The van der Waals surface area contributed by atoms with Crippen molar-refractivity contribution in [3.63, 3.8) is 0 Å². The van der Waals surface area contributed by atoms with E-state index in [4.69, 9.17) is 9.72 Å². The highest BCUT2D eigenvalue weighted by Gasteiger charge is 2.34. The van der Waals surface area contributed by atoms with E-state index in [1.54, 1.807) is 31.4 Å². The monoisotopic (exact) mass is 473 g/mol. The predicted octanol–water partition coefficient (Wildman–Crippen LogP) is 6.37. The first-order valence-corrected chi connectivity index (χ1v) is 12.5. The van der Waals surface area contributed by atoms with Gasteiger partial charge in [-0.05, 0) is 49.8 Å². The number of nitrogens with zero attached hydrogens (tertiary/aromatic N) is 2. The molecule has 0 spiro atoms. The molecule has 1 aromatic heterocycles. The first kappa shape index (κ1) is 24.7. The van der Waals surface area contributed by atoms with E-state index in [1.807, 2.05) is 0 Å². The van der Waals surface area contributed by atoms with Crippen LogP contribution in [0.25, 0.3) is 10.9 Å². The molecule has 0 radical (unpaired) electrons. The van der Waals surface area contributed by atoms with Crippen LogP contribution < -0.4 is 10.1 Å². The Bertz CT molecular complexity index is 1230. The fourth-order valence-corrected chi connectivity index (χ4v) is 4.84. The topological polar surface area (TPSA) is 71.5 Å². The van der Waals surface area contributed by atoms with Crippen LogP contribution in [0.3, 0.4) is 0 Å². The molecule has 1 aliphatic heterocycles.